The molecule has 4 rings (SSSR count). The number of hydrogen-bond acceptors (Lipinski definition) is 4. The summed E-state index contributed by atoms with van der Waals surface area (Å²) in [6.07, 6.45) is 3.04. The summed E-state index contributed by atoms with van der Waals surface area (Å²) in [7, 11) is -3.55. The zero-order chi connectivity index (χ0) is 26.6. The molecular formula is C30H35ClN2O3S. The van der Waals surface area contributed by atoms with Gasteiger partial charge in [-0.1, -0.05) is 43.6 Å². The first kappa shape index (κ1) is 27.4. The number of nitrogens with zero attached hydrogens (tertiary/aromatic N) is 1. The molecule has 1 aliphatic rings. The van der Waals surface area contributed by atoms with Gasteiger partial charge in [0.05, 0.1) is 9.79 Å². The number of halogens is 1. The lowest BCUT2D eigenvalue weighted by atomic mass is 9.86. The van der Waals surface area contributed by atoms with Gasteiger partial charge in [0.15, 0.2) is 0 Å². The van der Waals surface area contributed by atoms with Gasteiger partial charge in [0.25, 0.3) is 0 Å². The topological polar surface area (TPSA) is 66.5 Å². The van der Waals surface area contributed by atoms with Crippen LogP contribution in [0.15, 0.2) is 76.5 Å². The Labute approximate surface area is 225 Å². The highest BCUT2D eigenvalue weighted by Gasteiger charge is 2.23. The van der Waals surface area contributed by atoms with E-state index in [2.05, 4.69) is 29.3 Å². The standard InChI is InChI=1S/C30H35ClN2O3S/c1-21(2)30(34)32-26-9-4-22(3)29(20-26)24-15-18-33(19-16-24)17-14-23-5-10-27(11-6-23)37(35,36)28-12-7-25(31)8-13-28/h4-13,20-21,24H,14-19H2,1-3H3,(H,32,34). The van der Waals surface area contributed by atoms with Crippen molar-refractivity contribution in [2.75, 3.05) is 25.0 Å². The average molecular weight is 539 g/mol. The van der Waals surface area contributed by atoms with E-state index < -0.39 is 9.84 Å². The molecule has 1 aliphatic heterocycles. The summed E-state index contributed by atoms with van der Waals surface area (Å²) in [4.78, 5) is 15.1. The first-order valence-electron chi connectivity index (χ1n) is 12.9. The summed E-state index contributed by atoms with van der Waals surface area (Å²) in [6, 6.07) is 19.7. The minimum absolute atomic E-state index is 0.0419. The van der Waals surface area contributed by atoms with Crippen molar-refractivity contribution in [3.63, 3.8) is 0 Å². The molecule has 3 aromatic carbocycles. The SMILES string of the molecule is Cc1ccc(NC(=O)C(C)C)cc1C1CCN(CCc2ccc(S(=O)(=O)c3ccc(Cl)cc3)cc2)CC1. The molecule has 5 nitrogen and oxygen atoms in total. The molecule has 0 saturated carbocycles. The van der Waals surface area contributed by atoms with Crippen LogP contribution in [0.3, 0.4) is 0 Å². The fraction of sp³-hybridized carbons (Fsp3) is 0.367. The number of piperidine rings is 1. The molecule has 0 spiro atoms. The molecule has 37 heavy (non-hydrogen) atoms. The number of sulfone groups is 1. The van der Waals surface area contributed by atoms with Gasteiger partial charge in [-0.15, -0.1) is 0 Å². The Balaban J connectivity index is 1.31. The summed E-state index contributed by atoms with van der Waals surface area (Å²) in [5.74, 6) is 0.488. The summed E-state index contributed by atoms with van der Waals surface area (Å²) in [5.41, 5.74) is 4.61. The molecule has 1 amide bonds. The molecule has 7 heteroatoms. The number of carbonyl (C=O) groups excluding carboxylic acids is 1. The largest absolute Gasteiger partial charge is 0.326 e. The van der Waals surface area contributed by atoms with Gasteiger partial charge in [-0.3, -0.25) is 4.79 Å². The van der Waals surface area contributed by atoms with Crippen LogP contribution in [0.1, 0.15) is 49.3 Å². The van der Waals surface area contributed by atoms with E-state index in [1.165, 1.54) is 23.3 Å². The van der Waals surface area contributed by atoms with Crippen LogP contribution in [0.4, 0.5) is 5.69 Å². The van der Waals surface area contributed by atoms with Crippen LogP contribution >= 0.6 is 11.6 Å². The summed E-state index contributed by atoms with van der Waals surface area (Å²) >= 11 is 5.89. The number of rotatable bonds is 8. The second kappa shape index (κ2) is 11.8. The first-order chi connectivity index (χ1) is 17.6. The summed E-state index contributed by atoms with van der Waals surface area (Å²) in [5, 5.41) is 3.54. The van der Waals surface area contributed by atoms with Crippen LogP contribution in [0, 0.1) is 12.8 Å². The Bertz CT molecular complexity index is 1330. The van der Waals surface area contributed by atoms with Crippen molar-refractivity contribution >= 4 is 33.0 Å². The van der Waals surface area contributed by atoms with Crippen molar-refractivity contribution < 1.29 is 13.2 Å². The second-order valence-corrected chi connectivity index (χ2v) is 12.6. The van der Waals surface area contributed by atoms with E-state index in [0.717, 1.165) is 50.1 Å². The van der Waals surface area contributed by atoms with Crippen LogP contribution in [0.5, 0.6) is 0 Å². The van der Waals surface area contributed by atoms with Gasteiger partial charge >= 0.3 is 0 Å². The fourth-order valence-electron chi connectivity index (χ4n) is 4.78. The third-order valence-electron chi connectivity index (χ3n) is 7.17. The summed E-state index contributed by atoms with van der Waals surface area (Å²) in [6.45, 7) is 8.94. The number of carbonyl (C=O) groups is 1. The van der Waals surface area contributed by atoms with Crippen LogP contribution in [0.2, 0.25) is 5.02 Å². The Hall–Kier alpha value is -2.67. The fourth-order valence-corrected chi connectivity index (χ4v) is 6.17. The highest BCUT2D eigenvalue weighted by Crippen LogP contribution is 2.32. The van der Waals surface area contributed by atoms with E-state index in [-0.39, 0.29) is 16.7 Å². The van der Waals surface area contributed by atoms with E-state index in [9.17, 15) is 13.2 Å². The molecule has 3 aromatic rings. The predicted molar refractivity (Wildman–Crippen MR) is 150 cm³/mol. The molecule has 1 heterocycles. The predicted octanol–water partition coefficient (Wildman–Crippen LogP) is 6.50. The van der Waals surface area contributed by atoms with Gasteiger partial charge in [0.2, 0.25) is 15.7 Å². The Morgan fingerprint density at radius 2 is 1.57 bits per heavy atom. The maximum atomic E-state index is 12.9. The molecule has 1 fully saturated rings. The van der Waals surface area contributed by atoms with Crippen molar-refractivity contribution in [1.29, 1.82) is 0 Å². The summed E-state index contributed by atoms with van der Waals surface area (Å²) < 4.78 is 25.7. The van der Waals surface area contributed by atoms with Crippen molar-refractivity contribution in [3.8, 4) is 0 Å². The van der Waals surface area contributed by atoms with Crippen molar-refractivity contribution in [3.05, 3.63) is 88.4 Å². The molecule has 0 unspecified atom stereocenters. The Morgan fingerprint density at radius 3 is 2.16 bits per heavy atom. The van der Waals surface area contributed by atoms with E-state index in [1.807, 2.05) is 32.0 Å². The van der Waals surface area contributed by atoms with Crippen LogP contribution in [-0.2, 0) is 21.1 Å². The highest BCUT2D eigenvalue weighted by molar-refractivity contribution is 7.91. The first-order valence-corrected chi connectivity index (χ1v) is 14.7. The Morgan fingerprint density at radius 1 is 0.973 bits per heavy atom. The molecular weight excluding hydrogens is 504 g/mol. The van der Waals surface area contributed by atoms with Crippen LogP contribution in [-0.4, -0.2) is 38.9 Å². The van der Waals surface area contributed by atoms with Crippen LogP contribution in [0.25, 0.3) is 0 Å². The van der Waals surface area contributed by atoms with Crippen molar-refractivity contribution in [2.24, 2.45) is 5.92 Å². The molecule has 1 N–H and O–H groups in total. The number of benzene rings is 3. The highest BCUT2D eigenvalue weighted by atomic mass is 35.5. The lowest BCUT2D eigenvalue weighted by Crippen LogP contribution is -2.34. The molecule has 0 aromatic heterocycles. The average Bonchev–Trinajstić information content (AvgIpc) is 2.89. The third kappa shape index (κ3) is 6.81. The molecule has 0 radical (unpaired) electrons. The second-order valence-electron chi connectivity index (χ2n) is 10.2. The lowest BCUT2D eigenvalue weighted by Gasteiger charge is -2.33. The maximum Gasteiger partial charge on any atom is 0.226 e. The number of hydrogen-bond donors (Lipinski definition) is 1. The zero-order valence-electron chi connectivity index (χ0n) is 21.7. The van der Waals surface area contributed by atoms with E-state index >= 15 is 0 Å². The van der Waals surface area contributed by atoms with Crippen molar-refractivity contribution in [2.45, 2.75) is 55.7 Å². The monoisotopic (exact) mass is 538 g/mol. The Kier molecular flexibility index (Phi) is 8.73. The molecule has 0 aliphatic carbocycles. The van der Waals surface area contributed by atoms with Gasteiger partial charge < -0.3 is 10.2 Å². The number of aryl methyl sites for hydroxylation is 1. The number of nitrogens with one attached hydrogen (secondary N) is 1. The maximum absolute atomic E-state index is 12.9. The van der Waals surface area contributed by atoms with Crippen molar-refractivity contribution in [1.82, 2.24) is 4.90 Å². The minimum Gasteiger partial charge on any atom is -0.326 e. The normalized spacial score (nSPS) is 15.2. The zero-order valence-corrected chi connectivity index (χ0v) is 23.3. The smallest absolute Gasteiger partial charge is 0.226 e. The molecule has 0 bridgehead atoms. The molecule has 1 saturated heterocycles. The van der Waals surface area contributed by atoms with E-state index in [0.29, 0.717) is 15.8 Å². The quantitative estimate of drug-likeness (QED) is 0.355. The number of amides is 1. The van der Waals surface area contributed by atoms with Gasteiger partial charge in [-0.2, -0.15) is 0 Å². The third-order valence-corrected chi connectivity index (χ3v) is 9.21. The number of likely N-dealkylation sites (tertiary alicyclic amines) is 1. The van der Waals surface area contributed by atoms with E-state index in [4.69, 9.17) is 11.6 Å². The van der Waals surface area contributed by atoms with Gasteiger partial charge in [-0.05, 0) is 110 Å². The van der Waals surface area contributed by atoms with Gasteiger partial charge in [-0.25, -0.2) is 8.42 Å². The minimum atomic E-state index is -3.55. The molecule has 0 atom stereocenters. The van der Waals surface area contributed by atoms with Crippen LogP contribution < -0.4 is 5.32 Å². The van der Waals surface area contributed by atoms with Gasteiger partial charge in [0, 0.05) is 23.2 Å². The van der Waals surface area contributed by atoms with Gasteiger partial charge in [0.1, 0.15) is 0 Å². The molecule has 196 valence electrons. The van der Waals surface area contributed by atoms with E-state index in [1.54, 1.807) is 24.3 Å². The number of anilines is 1. The lowest BCUT2D eigenvalue weighted by molar-refractivity contribution is -0.118.